The minimum Gasteiger partial charge on any atom is -0.369 e. The normalized spacial score (nSPS) is 12.9. The fourth-order valence-electron chi connectivity index (χ4n) is 1.24. The lowest BCUT2D eigenvalue weighted by Crippen LogP contribution is -2.10. The average Bonchev–Trinajstić information content (AvgIpc) is 2.65. The molecule has 0 amide bonds. The molecule has 0 saturated heterocycles. The molecule has 0 aliphatic rings. The Morgan fingerprint density at radius 1 is 1.53 bits per heavy atom. The monoisotopic (exact) mass is 241 g/mol. The SMILES string of the molecule is CS(=O)CCNc1ncnc2sccc12. The predicted octanol–water partition coefficient (Wildman–Crippen LogP) is 1.48. The molecule has 0 spiro atoms. The molecule has 15 heavy (non-hydrogen) atoms. The first-order chi connectivity index (χ1) is 7.27. The molecule has 2 rings (SSSR count). The number of thiophene rings is 1. The van der Waals surface area contributed by atoms with Crippen molar-refractivity contribution >= 4 is 38.2 Å². The average molecular weight is 241 g/mol. The van der Waals surface area contributed by atoms with Gasteiger partial charge in [-0.1, -0.05) is 0 Å². The smallest absolute Gasteiger partial charge is 0.138 e. The fourth-order valence-corrected chi connectivity index (χ4v) is 2.37. The Kier molecular flexibility index (Phi) is 3.27. The van der Waals surface area contributed by atoms with E-state index in [0.29, 0.717) is 12.3 Å². The topological polar surface area (TPSA) is 54.9 Å². The summed E-state index contributed by atoms with van der Waals surface area (Å²) in [5, 5.41) is 6.19. The highest BCUT2D eigenvalue weighted by molar-refractivity contribution is 7.84. The van der Waals surface area contributed by atoms with Crippen molar-refractivity contribution in [1.82, 2.24) is 9.97 Å². The molecule has 1 N–H and O–H groups in total. The van der Waals surface area contributed by atoms with Gasteiger partial charge < -0.3 is 5.32 Å². The van der Waals surface area contributed by atoms with Gasteiger partial charge in [0.15, 0.2) is 0 Å². The summed E-state index contributed by atoms with van der Waals surface area (Å²) in [5.41, 5.74) is 0. The molecule has 6 heteroatoms. The van der Waals surface area contributed by atoms with Crippen LogP contribution in [0.4, 0.5) is 5.82 Å². The van der Waals surface area contributed by atoms with E-state index in [2.05, 4.69) is 15.3 Å². The van der Waals surface area contributed by atoms with Crippen LogP contribution >= 0.6 is 11.3 Å². The second-order valence-corrected chi connectivity index (χ2v) is 5.51. The maximum atomic E-state index is 10.9. The van der Waals surface area contributed by atoms with Gasteiger partial charge >= 0.3 is 0 Å². The molecule has 2 aromatic heterocycles. The largest absolute Gasteiger partial charge is 0.369 e. The van der Waals surface area contributed by atoms with Crippen molar-refractivity contribution in [2.75, 3.05) is 23.9 Å². The maximum absolute atomic E-state index is 10.9. The lowest BCUT2D eigenvalue weighted by molar-refractivity contribution is 0.687. The van der Waals surface area contributed by atoms with Gasteiger partial charge in [-0.25, -0.2) is 9.97 Å². The van der Waals surface area contributed by atoms with Gasteiger partial charge in [0.1, 0.15) is 17.0 Å². The third-order valence-corrected chi connectivity index (χ3v) is 3.54. The standard InChI is InChI=1S/C9H11N3OS2/c1-15(13)5-3-10-8-7-2-4-14-9(7)12-6-11-8/h2,4,6H,3,5H2,1H3,(H,10,11,12). The van der Waals surface area contributed by atoms with Crippen molar-refractivity contribution in [2.24, 2.45) is 0 Å². The molecule has 0 fully saturated rings. The van der Waals surface area contributed by atoms with E-state index < -0.39 is 10.8 Å². The van der Waals surface area contributed by atoms with Gasteiger partial charge in [-0.15, -0.1) is 11.3 Å². The number of hydrogen-bond donors (Lipinski definition) is 1. The summed E-state index contributed by atoms with van der Waals surface area (Å²) >= 11 is 1.59. The third kappa shape index (κ3) is 2.51. The van der Waals surface area contributed by atoms with Crippen LogP contribution in [0.5, 0.6) is 0 Å². The summed E-state index contributed by atoms with van der Waals surface area (Å²) in [6, 6.07) is 1.99. The number of anilines is 1. The molecule has 2 heterocycles. The number of fused-ring (bicyclic) bond motifs is 1. The van der Waals surface area contributed by atoms with Gasteiger partial charge in [-0.3, -0.25) is 4.21 Å². The number of hydrogen-bond acceptors (Lipinski definition) is 5. The first kappa shape index (κ1) is 10.5. The number of nitrogens with zero attached hydrogens (tertiary/aromatic N) is 2. The van der Waals surface area contributed by atoms with E-state index in [0.717, 1.165) is 16.0 Å². The fraction of sp³-hybridized carbons (Fsp3) is 0.333. The second kappa shape index (κ2) is 4.67. The quantitative estimate of drug-likeness (QED) is 0.881. The Hall–Kier alpha value is -1.01. The van der Waals surface area contributed by atoms with E-state index in [1.807, 2.05) is 11.4 Å². The molecule has 2 aromatic rings. The lowest BCUT2D eigenvalue weighted by Gasteiger charge is -2.04. The molecule has 80 valence electrons. The molecule has 1 atom stereocenters. The molecule has 1 unspecified atom stereocenters. The van der Waals surface area contributed by atoms with Crippen LogP contribution in [-0.2, 0) is 10.8 Å². The van der Waals surface area contributed by atoms with Crippen molar-refractivity contribution in [3.05, 3.63) is 17.8 Å². The summed E-state index contributed by atoms with van der Waals surface area (Å²) in [7, 11) is -0.767. The highest BCUT2D eigenvalue weighted by Crippen LogP contribution is 2.23. The van der Waals surface area contributed by atoms with E-state index in [1.54, 1.807) is 23.9 Å². The van der Waals surface area contributed by atoms with E-state index in [4.69, 9.17) is 0 Å². The van der Waals surface area contributed by atoms with E-state index >= 15 is 0 Å². The maximum Gasteiger partial charge on any atom is 0.138 e. The molecule has 4 nitrogen and oxygen atoms in total. The van der Waals surface area contributed by atoms with Crippen LogP contribution in [0.3, 0.4) is 0 Å². The first-order valence-electron chi connectivity index (χ1n) is 4.49. The minimum atomic E-state index is -0.767. The van der Waals surface area contributed by atoms with E-state index in [1.165, 1.54) is 0 Å². The Labute approximate surface area is 94.2 Å². The molecule has 0 aliphatic carbocycles. The highest BCUT2D eigenvalue weighted by atomic mass is 32.2. The third-order valence-electron chi connectivity index (χ3n) is 1.94. The Morgan fingerprint density at radius 3 is 3.20 bits per heavy atom. The van der Waals surface area contributed by atoms with Gasteiger partial charge in [0.25, 0.3) is 0 Å². The zero-order valence-corrected chi connectivity index (χ0v) is 9.90. The Bertz CT molecular complexity index is 483. The van der Waals surface area contributed by atoms with Gasteiger partial charge in [0, 0.05) is 29.4 Å². The molecule has 0 aliphatic heterocycles. The number of aromatic nitrogens is 2. The molecular formula is C9H11N3OS2. The zero-order valence-electron chi connectivity index (χ0n) is 8.27. The van der Waals surface area contributed by atoms with Crippen molar-refractivity contribution in [3.8, 4) is 0 Å². The Balaban J connectivity index is 2.13. The first-order valence-corrected chi connectivity index (χ1v) is 7.10. The molecule has 0 saturated carbocycles. The number of rotatable bonds is 4. The van der Waals surface area contributed by atoms with E-state index in [-0.39, 0.29) is 0 Å². The van der Waals surface area contributed by atoms with Crippen LogP contribution < -0.4 is 5.32 Å². The zero-order chi connectivity index (χ0) is 10.7. The summed E-state index contributed by atoms with van der Waals surface area (Å²) in [6.07, 6.45) is 3.24. The summed E-state index contributed by atoms with van der Waals surface area (Å²) in [4.78, 5) is 9.29. The van der Waals surface area contributed by atoms with E-state index in [9.17, 15) is 4.21 Å². The highest BCUT2D eigenvalue weighted by Gasteiger charge is 2.03. The van der Waals surface area contributed by atoms with Gasteiger partial charge in [0.2, 0.25) is 0 Å². The number of nitrogens with one attached hydrogen (secondary N) is 1. The minimum absolute atomic E-state index is 0.635. The van der Waals surface area contributed by atoms with Gasteiger partial charge in [-0.05, 0) is 11.4 Å². The predicted molar refractivity (Wildman–Crippen MR) is 64.8 cm³/mol. The lowest BCUT2D eigenvalue weighted by atomic mass is 10.4. The second-order valence-electron chi connectivity index (χ2n) is 3.07. The molecular weight excluding hydrogens is 230 g/mol. The summed E-state index contributed by atoms with van der Waals surface area (Å²) < 4.78 is 10.9. The van der Waals surface area contributed by atoms with Crippen LogP contribution in [0.15, 0.2) is 17.8 Å². The Morgan fingerprint density at radius 2 is 2.40 bits per heavy atom. The van der Waals surface area contributed by atoms with Crippen LogP contribution in [0, 0.1) is 0 Å². The van der Waals surface area contributed by atoms with Crippen molar-refractivity contribution in [3.63, 3.8) is 0 Å². The van der Waals surface area contributed by atoms with Gasteiger partial charge in [0.05, 0.1) is 5.39 Å². The van der Waals surface area contributed by atoms with Gasteiger partial charge in [-0.2, -0.15) is 0 Å². The van der Waals surface area contributed by atoms with Crippen LogP contribution in [0.25, 0.3) is 10.2 Å². The molecule has 0 aromatic carbocycles. The molecule has 0 radical (unpaired) electrons. The van der Waals surface area contributed by atoms with Crippen LogP contribution in [0.1, 0.15) is 0 Å². The van der Waals surface area contributed by atoms with Crippen molar-refractivity contribution in [2.45, 2.75) is 0 Å². The van der Waals surface area contributed by atoms with Crippen LogP contribution in [0.2, 0.25) is 0 Å². The molecule has 0 bridgehead atoms. The van der Waals surface area contributed by atoms with Crippen molar-refractivity contribution in [1.29, 1.82) is 0 Å². The summed E-state index contributed by atoms with van der Waals surface area (Å²) in [5.74, 6) is 1.46. The van der Waals surface area contributed by atoms with Crippen molar-refractivity contribution < 1.29 is 4.21 Å². The van der Waals surface area contributed by atoms with Crippen LogP contribution in [-0.4, -0.2) is 32.7 Å². The summed E-state index contributed by atoms with van der Waals surface area (Å²) in [6.45, 7) is 0.672.